The maximum Gasteiger partial charge on any atom is 0.249 e. The molecule has 0 bridgehead atoms. The predicted octanol–water partition coefficient (Wildman–Crippen LogP) is 19.2. The summed E-state index contributed by atoms with van der Waals surface area (Å²) < 4.78 is 39.8. The van der Waals surface area contributed by atoms with Gasteiger partial charge in [0.1, 0.15) is 39.6 Å². The van der Waals surface area contributed by atoms with E-state index in [9.17, 15) is 9.18 Å². The number of aromatic nitrogens is 10. The highest BCUT2D eigenvalue weighted by Gasteiger charge is 2.22. The first kappa shape index (κ1) is 71.8. The van der Waals surface area contributed by atoms with Gasteiger partial charge in [-0.15, -0.1) is 0 Å². The number of aryl methyl sites for hydroxylation is 11. The van der Waals surface area contributed by atoms with E-state index in [-0.39, 0.29) is 5.56 Å². The maximum absolute atomic E-state index is 14.8. The molecule has 5 N–H and O–H groups in total. The van der Waals surface area contributed by atoms with E-state index in [2.05, 4.69) is 134 Å². The molecular weight excluding hydrogens is 1350 g/mol. The highest BCUT2D eigenvalue weighted by Crippen LogP contribution is 2.41. The number of amides is 1. The molecule has 0 saturated carbocycles. The first-order chi connectivity index (χ1) is 52.0. The number of rotatable bonds is 16. The Kier molecular flexibility index (Phi) is 20.5. The van der Waals surface area contributed by atoms with E-state index >= 15 is 0 Å². The number of fused-ring (bicyclic) bond motifs is 3. The largest absolute Gasteiger partial charge is 0.436 e. The fourth-order valence-corrected chi connectivity index (χ4v) is 12.5. The first-order valence-electron chi connectivity index (χ1n) is 34.3. The number of nitriles is 3. The minimum absolute atomic E-state index is 0.111. The summed E-state index contributed by atoms with van der Waals surface area (Å²) in [5, 5.41) is 36.7. The van der Waals surface area contributed by atoms with Crippen molar-refractivity contribution in [1.29, 1.82) is 15.8 Å². The summed E-state index contributed by atoms with van der Waals surface area (Å²) in [6.45, 7) is 16.0. The fraction of sp³-hybridized carbons (Fsp3) is 0.128. The second kappa shape index (κ2) is 30.8. The fourth-order valence-electron chi connectivity index (χ4n) is 12.5. The molecule has 0 fully saturated rings. The van der Waals surface area contributed by atoms with Crippen LogP contribution < -0.4 is 35.9 Å². The van der Waals surface area contributed by atoms with Crippen molar-refractivity contribution >= 4 is 73.9 Å². The van der Waals surface area contributed by atoms with Crippen LogP contribution in [0.25, 0.3) is 66.6 Å². The average Bonchev–Trinajstić information content (AvgIpc) is 1.54. The van der Waals surface area contributed by atoms with Gasteiger partial charge < -0.3 is 49.6 Å². The van der Waals surface area contributed by atoms with Gasteiger partial charge in [-0.2, -0.15) is 30.7 Å². The van der Waals surface area contributed by atoms with Crippen LogP contribution in [-0.4, -0.2) is 54.5 Å². The van der Waals surface area contributed by atoms with Crippen molar-refractivity contribution in [1.82, 2.24) is 48.6 Å². The smallest absolute Gasteiger partial charge is 0.249 e. The number of benzene rings is 8. The van der Waals surface area contributed by atoms with Crippen molar-refractivity contribution in [3.63, 3.8) is 0 Å². The number of nitrogens with zero attached hydrogens (tertiary/aromatic N) is 13. The number of carbonyl (C=O) groups excluding carboxylic acids is 1. The van der Waals surface area contributed by atoms with E-state index < -0.39 is 11.7 Å². The van der Waals surface area contributed by atoms with E-state index in [4.69, 9.17) is 45.7 Å². The SMILES string of the molecule is Cc1cc(-c2ccc(C(N)=O)cc2F)cc(C)c1Oc1nc(Nc2ccc(C#N)cc2)nc2ccn(C)c12.Cc1ccc(-c2cc(C)c(Oc3nc(Nc4ccc(C#N)cc4)nc4ccn(C)c34)c(C)c2)cc1.Cc1ccc(-c2cc(C)c(Oc3nc(Nc4ccc(C#N)cc4)nc4ccn(C)c34)c(C)c2)nc1. The molecule has 7 heterocycles. The molecule has 8 aromatic carbocycles. The van der Waals surface area contributed by atoms with Crippen LogP contribution >= 0.6 is 0 Å². The molecule has 0 saturated heterocycles. The Morgan fingerprint density at radius 3 is 1.09 bits per heavy atom. The molecule has 0 radical (unpaired) electrons. The highest BCUT2D eigenvalue weighted by atomic mass is 19.1. The van der Waals surface area contributed by atoms with Gasteiger partial charge >= 0.3 is 0 Å². The standard InChI is InChI=1S/C29H23FN6O2.C29H25N5O.C28H24N6O/c1-16-12-20(22-9-6-19(27(32)37)14-23(22)30)13-17(2)26(16)38-28-25-24(10-11-36(25)3)34-29(35-28)33-21-7-4-18(15-31)5-8-21;1-18-5-9-22(10-6-18)23-15-19(2)27(20(3)16-23)35-28-26-25(13-14-34(26)4)32-29(33-28)31-24-11-7-21(17-30)8-12-24;1-17-5-10-23(30-16-17)21-13-18(2)26(19(3)14-21)35-27-25-24(11-12-34(25)4)32-28(33-27)31-22-8-6-20(15-29)7-9-22/h4-14H,1-3H3,(H2,32,37)(H,33,34,35);5-16H,1-4H3,(H,31,32,33);5-14,16H,1-4H3,(H,31,32,33). The molecular formula is C86H72FN17O4. The lowest BCUT2D eigenvalue weighted by Gasteiger charge is -2.16. The van der Waals surface area contributed by atoms with Crippen molar-refractivity contribution in [3.8, 4) is 86.6 Å². The van der Waals surface area contributed by atoms with Crippen molar-refractivity contribution in [2.45, 2.75) is 55.4 Å². The van der Waals surface area contributed by atoms with E-state index in [1.165, 1.54) is 17.2 Å². The van der Waals surface area contributed by atoms with E-state index in [1.807, 2.05) is 155 Å². The van der Waals surface area contributed by atoms with Gasteiger partial charge in [-0.25, -0.2) is 19.3 Å². The van der Waals surface area contributed by atoms with Gasteiger partial charge in [0.05, 0.1) is 57.1 Å². The van der Waals surface area contributed by atoms with E-state index in [0.717, 1.165) is 112 Å². The molecule has 22 heteroatoms. The molecule has 108 heavy (non-hydrogen) atoms. The zero-order valence-corrected chi connectivity index (χ0v) is 61.0. The highest BCUT2D eigenvalue weighted by molar-refractivity contribution is 5.93. The van der Waals surface area contributed by atoms with Crippen LogP contribution in [0.2, 0.25) is 0 Å². The maximum atomic E-state index is 14.8. The van der Waals surface area contributed by atoms with Crippen LogP contribution in [0, 0.1) is 95.2 Å². The number of anilines is 6. The van der Waals surface area contributed by atoms with Gasteiger partial charge in [0.25, 0.3) is 0 Å². The number of ether oxygens (including phenoxy) is 3. The van der Waals surface area contributed by atoms with Crippen LogP contribution in [0.4, 0.5) is 39.3 Å². The molecule has 21 nitrogen and oxygen atoms in total. The molecule has 0 aliphatic rings. The van der Waals surface area contributed by atoms with Gasteiger partial charge in [0, 0.05) is 79.7 Å². The Morgan fingerprint density at radius 2 is 0.759 bits per heavy atom. The number of halogens is 1. The van der Waals surface area contributed by atoms with Gasteiger partial charge in [0.2, 0.25) is 41.4 Å². The minimum atomic E-state index is -0.684. The molecule has 15 aromatic rings. The van der Waals surface area contributed by atoms with Crippen molar-refractivity contribution in [2.24, 2.45) is 26.9 Å². The van der Waals surface area contributed by atoms with Crippen LogP contribution in [0.15, 0.2) is 207 Å². The molecule has 532 valence electrons. The summed E-state index contributed by atoms with van der Waals surface area (Å²) in [4.78, 5) is 43.9. The molecule has 15 rings (SSSR count). The lowest BCUT2D eigenvalue weighted by Crippen LogP contribution is -2.11. The number of nitrogens with two attached hydrogens (primary N) is 1. The monoisotopic (exact) mass is 1430 g/mol. The first-order valence-corrected chi connectivity index (χ1v) is 34.3. The minimum Gasteiger partial charge on any atom is -0.436 e. The summed E-state index contributed by atoms with van der Waals surface area (Å²) in [6.07, 6.45) is 7.63. The second-order valence-electron chi connectivity index (χ2n) is 26.3. The number of nitrogens with one attached hydrogen (secondary N) is 3. The third-order valence-electron chi connectivity index (χ3n) is 18.0. The summed E-state index contributed by atoms with van der Waals surface area (Å²) in [6, 6.07) is 62.3. The zero-order valence-electron chi connectivity index (χ0n) is 61.0. The van der Waals surface area contributed by atoms with Crippen molar-refractivity contribution < 1.29 is 23.4 Å². The lowest BCUT2D eigenvalue weighted by atomic mass is 9.98. The summed E-state index contributed by atoms with van der Waals surface area (Å²) in [7, 11) is 5.78. The molecule has 0 aliphatic heterocycles. The third-order valence-corrected chi connectivity index (χ3v) is 18.0. The van der Waals surface area contributed by atoms with Gasteiger partial charge in [-0.05, 0) is 257 Å². The zero-order chi connectivity index (χ0) is 76.0. The van der Waals surface area contributed by atoms with E-state index in [0.29, 0.717) is 80.1 Å². The quantitative estimate of drug-likeness (QED) is 0.0699. The van der Waals surface area contributed by atoms with Crippen molar-refractivity contribution in [3.05, 3.63) is 279 Å². The van der Waals surface area contributed by atoms with Crippen LogP contribution in [0.3, 0.4) is 0 Å². The van der Waals surface area contributed by atoms with Crippen LogP contribution in [0.5, 0.6) is 34.9 Å². The Labute approximate surface area is 622 Å². The number of carbonyl (C=O) groups is 1. The number of pyridine rings is 1. The predicted molar refractivity (Wildman–Crippen MR) is 419 cm³/mol. The second-order valence-corrected chi connectivity index (χ2v) is 26.3. The number of hydrogen-bond donors (Lipinski definition) is 4. The molecule has 0 spiro atoms. The van der Waals surface area contributed by atoms with Gasteiger partial charge in [0.15, 0.2) is 0 Å². The molecule has 1 amide bonds. The third kappa shape index (κ3) is 15.8. The Balaban J connectivity index is 0.000000143. The number of hydrogen-bond acceptors (Lipinski definition) is 17. The number of primary amides is 1. The molecule has 0 unspecified atom stereocenters. The van der Waals surface area contributed by atoms with Crippen LogP contribution in [-0.2, 0) is 21.1 Å². The normalized spacial score (nSPS) is 10.8. The van der Waals surface area contributed by atoms with E-state index in [1.54, 1.807) is 54.6 Å². The Morgan fingerprint density at radius 1 is 0.407 bits per heavy atom. The Bertz CT molecular complexity index is 5780. The summed E-state index contributed by atoms with van der Waals surface area (Å²) in [5.41, 5.74) is 27.3. The van der Waals surface area contributed by atoms with Gasteiger partial charge in [-0.1, -0.05) is 42.0 Å². The average molecular weight is 1430 g/mol. The Hall–Kier alpha value is -14.6. The van der Waals surface area contributed by atoms with Crippen molar-refractivity contribution in [2.75, 3.05) is 16.0 Å². The molecule has 0 aliphatic carbocycles. The molecule has 0 atom stereocenters. The molecule has 7 aromatic heterocycles. The summed E-state index contributed by atoms with van der Waals surface area (Å²) in [5.74, 6) is 3.39. The van der Waals surface area contributed by atoms with Crippen LogP contribution in [0.1, 0.15) is 71.6 Å². The lowest BCUT2D eigenvalue weighted by molar-refractivity contribution is 0.0999. The van der Waals surface area contributed by atoms with Gasteiger partial charge in [-0.3, -0.25) is 9.78 Å². The topological polar surface area (TPSA) is 283 Å². The summed E-state index contributed by atoms with van der Waals surface area (Å²) >= 11 is 0.